The molecule has 4 heteroatoms. The van der Waals surface area contributed by atoms with E-state index in [0.29, 0.717) is 6.10 Å². The van der Waals surface area contributed by atoms with Crippen LogP contribution in [-0.2, 0) is 4.74 Å². The van der Waals surface area contributed by atoms with Crippen molar-refractivity contribution in [2.75, 3.05) is 25.6 Å². The van der Waals surface area contributed by atoms with Crippen molar-refractivity contribution in [3.63, 3.8) is 0 Å². The number of nitrogens with zero attached hydrogens (tertiary/aromatic N) is 1. The second kappa shape index (κ2) is 6.09. The van der Waals surface area contributed by atoms with Crippen LogP contribution in [0.2, 0.25) is 0 Å². The lowest BCUT2D eigenvalue weighted by Gasteiger charge is -2.12. The Hall–Kier alpha value is -1.81. The van der Waals surface area contributed by atoms with E-state index in [9.17, 15) is 0 Å². The lowest BCUT2D eigenvalue weighted by molar-refractivity contribution is 0.107. The number of rotatable bonds is 5. The van der Waals surface area contributed by atoms with Gasteiger partial charge in [-0.3, -0.25) is 0 Å². The fourth-order valence-electron chi connectivity index (χ4n) is 2.65. The molecule has 0 radical (unpaired) electrons. The molecule has 1 atom stereocenters. The van der Waals surface area contributed by atoms with Crippen LogP contribution in [0.4, 0.5) is 5.82 Å². The molecule has 2 aromatic rings. The first-order valence-electron chi connectivity index (χ1n) is 7.15. The standard InChI is InChI=1S/C16H20N2O2/c1-19-14-4-5-15-12(11-14)6-8-17-16(15)18-9-7-13-3-2-10-20-13/h4-6,8,11,13H,2-3,7,9-10H2,1H3,(H,17,18). The lowest BCUT2D eigenvalue weighted by Crippen LogP contribution is -2.13. The minimum atomic E-state index is 0.414. The first kappa shape index (κ1) is 13.2. The molecule has 0 amide bonds. The van der Waals surface area contributed by atoms with Gasteiger partial charge in [-0.15, -0.1) is 0 Å². The summed E-state index contributed by atoms with van der Waals surface area (Å²) < 4.78 is 10.9. The summed E-state index contributed by atoms with van der Waals surface area (Å²) >= 11 is 0. The van der Waals surface area contributed by atoms with Gasteiger partial charge in [-0.1, -0.05) is 0 Å². The monoisotopic (exact) mass is 272 g/mol. The Morgan fingerprint density at radius 1 is 1.40 bits per heavy atom. The van der Waals surface area contributed by atoms with E-state index < -0.39 is 0 Å². The summed E-state index contributed by atoms with van der Waals surface area (Å²) in [6.07, 6.45) is 5.65. The number of hydrogen-bond acceptors (Lipinski definition) is 4. The molecule has 1 saturated heterocycles. The van der Waals surface area contributed by atoms with Crippen molar-refractivity contribution in [1.82, 2.24) is 4.98 Å². The van der Waals surface area contributed by atoms with Gasteiger partial charge in [0.25, 0.3) is 0 Å². The number of anilines is 1. The number of methoxy groups -OCH3 is 1. The molecular formula is C16H20N2O2. The number of benzene rings is 1. The summed E-state index contributed by atoms with van der Waals surface area (Å²) in [6.45, 7) is 1.81. The molecule has 20 heavy (non-hydrogen) atoms. The second-order valence-electron chi connectivity index (χ2n) is 5.10. The molecule has 3 rings (SSSR count). The molecule has 0 spiro atoms. The van der Waals surface area contributed by atoms with E-state index in [1.54, 1.807) is 7.11 Å². The number of hydrogen-bond donors (Lipinski definition) is 1. The summed E-state index contributed by atoms with van der Waals surface area (Å²) in [5.74, 6) is 1.80. The van der Waals surface area contributed by atoms with E-state index in [2.05, 4.69) is 16.4 Å². The lowest BCUT2D eigenvalue weighted by atomic mass is 10.1. The Kier molecular flexibility index (Phi) is 4.02. The number of ether oxygens (including phenoxy) is 2. The third-order valence-electron chi connectivity index (χ3n) is 3.75. The molecule has 106 valence electrons. The Morgan fingerprint density at radius 2 is 2.35 bits per heavy atom. The Balaban J connectivity index is 1.70. The molecule has 0 aliphatic carbocycles. The van der Waals surface area contributed by atoms with Crippen molar-refractivity contribution >= 4 is 16.6 Å². The van der Waals surface area contributed by atoms with Crippen LogP contribution in [-0.4, -0.2) is 31.3 Å². The fraction of sp³-hybridized carbons (Fsp3) is 0.438. The predicted molar refractivity (Wildman–Crippen MR) is 80.4 cm³/mol. The van der Waals surface area contributed by atoms with Crippen LogP contribution in [0.25, 0.3) is 10.8 Å². The van der Waals surface area contributed by atoms with Crippen LogP contribution in [0.5, 0.6) is 5.75 Å². The Bertz CT molecular complexity index is 580. The molecular weight excluding hydrogens is 252 g/mol. The minimum Gasteiger partial charge on any atom is -0.497 e. The highest BCUT2D eigenvalue weighted by atomic mass is 16.5. The van der Waals surface area contributed by atoms with Gasteiger partial charge in [0, 0.05) is 24.7 Å². The van der Waals surface area contributed by atoms with Crippen molar-refractivity contribution in [2.24, 2.45) is 0 Å². The fourth-order valence-corrected chi connectivity index (χ4v) is 2.65. The van der Waals surface area contributed by atoms with Gasteiger partial charge in [0.05, 0.1) is 13.2 Å². The molecule has 1 aromatic carbocycles. The summed E-state index contributed by atoms with van der Waals surface area (Å²) in [6, 6.07) is 8.05. The van der Waals surface area contributed by atoms with Gasteiger partial charge in [-0.25, -0.2) is 4.98 Å². The van der Waals surface area contributed by atoms with Gasteiger partial charge in [-0.05, 0) is 48.9 Å². The maximum Gasteiger partial charge on any atom is 0.133 e. The molecule has 1 aliphatic heterocycles. The number of nitrogens with one attached hydrogen (secondary N) is 1. The van der Waals surface area contributed by atoms with Crippen LogP contribution in [0, 0.1) is 0 Å². The third kappa shape index (κ3) is 2.85. The van der Waals surface area contributed by atoms with Crippen molar-refractivity contribution in [3.05, 3.63) is 30.5 Å². The van der Waals surface area contributed by atoms with Crippen LogP contribution < -0.4 is 10.1 Å². The Labute approximate surface area is 119 Å². The molecule has 1 unspecified atom stereocenters. The van der Waals surface area contributed by atoms with E-state index >= 15 is 0 Å². The first-order chi connectivity index (χ1) is 9.86. The van der Waals surface area contributed by atoms with Crippen molar-refractivity contribution in [2.45, 2.75) is 25.4 Å². The molecule has 0 bridgehead atoms. The van der Waals surface area contributed by atoms with E-state index in [1.165, 1.54) is 12.8 Å². The van der Waals surface area contributed by atoms with E-state index in [4.69, 9.17) is 9.47 Å². The van der Waals surface area contributed by atoms with E-state index in [1.807, 2.05) is 24.4 Å². The highest BCUT2D eigenvalue weighted by Gasteiger charge is 2.14. The molecule has 1 aromatic heterocycles. The quantitative estimate of drug-likeness (QED) is 0.907. The molecule has 1 N–H and O–H groups in total. The molecule has 4 nitrogen and oxygen atoms in total. The van der Waals surface area contributed by atoms with Gasteiger partial charge in [0.15, 0.2) is 0 Å². The minimum absolute atomic E-state index is 0.414. The third-order valence-corrected chi connectivity index (χ3v) is 3.75. The van der Waals surface area contributed by atoms with Gasteiger partial charge in [-0.2, -0.15) is 0 Å². The zero-order valence-electron chi connectivity index (χ0n) is 11.8. The Morgan fingerprint density at radius 3 is 3.15 bits per heavy atom. The molecule has 1 fully saturated rings. The second-order valence-corrected chi connectivity index (χ2v) is 5.10. The van der Waals surface area contributed by atoms with Gasteiger partial charge in [0.2, 0.25) is 0 Å². The first-order valence-corrected chi connectivity index (χ1v) is 7.15. The SMILES string of the molecule is COc1ccc2c(NCCC3CCCO3)nccc2c1. The van der Waals surface area contributed by atoms with Crippen LogP contribution in [0.1, 0.15) is 19.3 Å². The van der Waals surface area contributed by atoms with Crippen molar-refractivity contribution in [1.29, 1.82) is 0 Å². The van der Waals surface area contributed by atoms with Crippen LogP contribution >= 0.6 is 0 Å². The number of pyridine rings is 1. The summed E-state index contributed by atoms with van der Waals surface area (Å²) in [5.41, 5.74) is 0. The zero-order valence-corrected chi connectivity index (χ0v) is 11.8. The number of aromatic nitrogens is 1. The topological polar surface area (TPSA) is 43.4 Å². The maximum absolute atomic E-state index is 5.63. The highest BCUT2D eigenvalue weighted by Crippen LogP contribution is 2.25. The van der Waals surface area contributed by atoms with Crippen LogP contribution in [0.15, 0.2) is 30.5 Å². The van der Waals surface area contributed by atoms with E-state index in [0.717, 1.165) is 41.9 Å². The predicted octanol–water partition coefficient (Wildman–Crippen LogP) is 3.22. The average molecular weight is 272 g/mol. The van der Waals surface area contributed by atoms with Gasteiger partial charge < -0.3 is 14.8 Å². The van der Waals surface area contributed by atoms with Crippen molar-refractivity contribution in [3.8, 4) is 5.75 Å². The largest absolute Gasteiger partial charge is 0.497 e. The smallest absolute Gasteiger partial charge is 0.133 e. The highest BCUT2D eigenvalue weighted by molar-refractivity contribution is 5.92. The van der Waals surface area contributed by atoms with Gasteiger partial charge in [0.1, 0.15) is 11.6 Å². The molecule has 1 aliphatic rings. The summed E-state index contributed by atoms with van der Waals surface area (Å²) in [4.78, 5) is 4.43. The van der Waals surface area contributed by atoms with Crippen molar-refractivity contribution < 1.29 is 9.47 Å². The zero-order chi connectivity index (χ0) is 13.8. The maximum atomic E-state index is 5.63. The molecule has 2 heterocycles. The van der Waals surface area contributed by atoms with Gasteiger partial charge >= 0.3 is 0 Å². The normalized spacial score (nSPS) is 18.4. The van der Waals surface area contributed by atoms with E-state index in [-0.39, 0.29) is 0 Å². The number of fused-ring (bicyclic) bond motifs is 1. The molecule has 0 saturated carbocycles. The summed E-state index contributed by atoms with van der Waals surface area (Å²) in [7, 11) is 1.68. The average Bonchev–Trinajstić information content (AvgIpc) is 3.00. The van der Waals surface area contributed by atoms with Crippen LogP contribution in [0.3, 0.4) is 0 Å². The summed E-state index contributed by atoms with van der Waals surface area (Å²) in [5, 5.41) is 5.68.